The molecule has 1 heterocycles. The third-order valence-electron chi connectivity index (χ3n) is 2.72. The molecule has 0 spiro atoms. The van der Waals surface area contributed by atoms with Gasteiger partial charge in [0.2, 0.25) is 6.10 Å². The lowest BCUT2D eigenvalue weighted by Gasteiger charge is -2.18. The molecule has 1 amide bonds. The topological polar surface area (TPSA) is 110 Å². The van der Waals surface area contributed by atoms with Gasteiger partial charge in [-0.25, -0.2) is 4.79 Å². The van der Waals surface area contributed by atoms with E-state index in [0.717, 1.165) is 0 Å². The summed E-state index contributed by atoms with van der Waals surface area (Å²) >= 11 is 0. The number of Topliss-reactive ketones (excluding diaryl/α,β-unsaturated/α-hetero) is 2. The van der Waals surface area contributed by atoms with Crippen molar-refractivity contribution in [3.05, 3.63) is 0 Å². The summed E-state index contributed by atoms with van der Waals surface area (Å²) in [7, 11) is 0. The molecular formula is C10H11NO7. The number of hydrogen-bond acceptors (Lipinski definition) is 7. The maximum atomic E-state index is 11.3. The molecule has 1 N–H and O–H groups in total. The van der Waals surface area contributed by atoms with Gasteiger partial charge in [0.25, 0.3) is 5.91 Å². The van der Waals surface area contributed by atoms with Crippen molar-refractivity contribution in [2.45, 2.75) is 38.0 Å². The first kappa shape index (κ1) is 12.5. The van der Waals surface area contributed by atoms with Crippen LogP contribution in [0.5, 0.6) is 0 Å². The van der Waals surface area contributed by atoms with Crippen molar-refractivity contribution < 1.29 is 33.9 Å². The maximum Gasteiger partial charge on any atom is 0.534 e. The predicted octanol–water partition coefficient (Wildman–Crippen LogP) is -0.704. The van der Waals surface area contributed by atoms with Crippen molar-refractivity contribution in [2.24, 2.45) is 0 Å². The van der Waals surface area contributed by atoms with E-state index in [2.05, 4.69) is 9.57 Å². The molecule has 1 saturated heterocycles. The average molecular weight is 257 g/mol. The van der Waals surface area contributed by atoms with Crippen LogP contribution in [-0.4, -0.2) is 46.1 Å². The first-order valence-electron chi connectivity index (χ1n) is 5.43. The van der Waals surface area contributed by atoms with Crippen molar-refractivity contribution >= 4 is 23.6 Å². The summed E-state index contributed by atoms with van der Waals surface area (Å²) in [5.41, 5.74) is 0. The Bertz CT molecular complexity index is 402. The van der Waals surface area contributed by atoms with Crippen LogP contribution >= 0.6 is 0 Å². The van der Waals surface area contributed by atoms with E-state index in [4.69, 9.17) is 0 Å². The molecule has 1 unspecified atom stereocenters. The Balaban J connectivity index is 1.91. The zero-order chi connectivity index (χ0) is 13.3. The summed E-state index contributed by atoms with van der Waals surface area (Å²) in [5, 5.41) is 9.79. The molecule has 0 aromatic carbocycles. The molecule has 8 heteroatoms. The van der Waals surface area contributed by atoms with Crippen LogP contribution < -0.4 is 0 Å². The van der Waals surface area contributed by atoms with Crippen LogP contribution in [0.15, 0.2) is 0 Å². The molecular weight excluding hydrogens is 246 g/mol. The van der Waals surface area contributed by atoms with Crippen LogP contribution in [-0.2, 0) is 24.0 Å². The highest BCUT2D eigenvalue weighted by Crippen LogP contribution is 2.19. The van der Waals surface area contributed by atoms with E-state index >= 15 is 0 Å². The van der Waals surface area contributed by atoms with E-state index in [-0.39, 0.29) is 25.7 Å². The molecule has 0 aromatic heterocycles. The van der Waals surface area contributed by atoms with Gasteiger partial charge in [0.15, 0.2) is 17.8 Å². The molecule has 2 fully saturated rings. The standard InChI is InChI=1S/C10H11NO7/c12-5-1-2-6(13)9(5)17-10(16)18-11-7(14)3-4-8(11)15/h7,9,14H,1-4H2. The number of nitrogens with zero attached hydrogens (tertiary/aromatic N) is 1. The fraction of sp³-hybridized carbons (Fsp3) is 0.600. The number of carbonyl (C=O) groups excluding carboxylic acids is 4. The Hall–Kier alpha value is -1.96. The van der Waals surface area contributed by atoms with Crippen molar-refractivity contribution in [3.8, 4) is 0 Å². The molecule has 18 heavy (non-hydrogen) atoms. The fourth-order valence-electron chi connectivity index (χ4n) is 1.78. The SMILES string of the molecule is O=C(OC1C(=O)CCC1=O)ON1C(=O)CCC1O. The molecule has 1 saturated carbocycles. The maximum absolute atomic E-state index is 11.3. The highest BCUT2D eigenvalue weighted by Gasteiger charge is 2.39. The third-order valence-corrected chi connectivity index (χ3v) is 2.72. The van der Waals surface area contributed by atoms with Crippen LogP contribution in [0.2, 0.25) is 0 Å². The summed E-state index contributed by atoms with van der Waals surface area (Å²) in [6, 6.07) is 0. The lowest BCUT2D eigenvalue weighted by atomic mass is 10.3. The van der Waals surface area contributed by atoms with Gasteiger partial charge >= 0.3 is 6.16 Å². The van der Waals surface area contributed by atoms with Crippen LogP contribution in [0.3, 0.4) is 0 Å². The van der Waals surface area contributed by atoms with Gasteiger partial charge in [-0.2, -0.15) is 0 Å². The van der Waals surface area contributed by atoms with E-state index in [1.807, 2.05) is 0 Å². The summed E-state index contributed by atoms with van der Waals surface area (Å²) in [5.74, 6) is -1.56. The molecule has 0 radical (unpaired) electrons. The van der Waals surface area contributed by atoms with Gasteiger partial charge in [0.1, 0.15) is 0 Å². The van der Waals surface area contributed by atoms with Gasteiger partial charge in [-0.3, -0.25) is 14.4 Å². The molecule has 98 valence electrons. The minimum absolute atomic E-state index is 0.0298. The first-order valence-corrected chi connectivity index (χ1v) is 5.43. The minimum Gasteiger partial charge on any atom is -0.413 e. The lowest BCUT2D eigenvalue weighted by molar-refractivity contribution is -0.201. The Morgan fingerprint density at radius 3 is 2.28 bits per heavy atom. The number of hydrogen-bond donors (Lipinski definition) is 1. The average Bonchev–Trinajstić information content (AvgIpc) is 2.79. The van der Waals surface area contributed by atoms with Gasteiger partial charge in [-0.1, -0.05) is 0 Å². The summed E-state index contributed by atoms with van der Waals surface area (Å²) in [6.07, 6.45) is -3.77. The molecule has 1 aliphatic heterocycles. The quantitative estimate of drug-likeness (QED) is 0.514. The Morgan fingerprint density at radius 1 is 1.17 bits per heavy atom. The summed E-state index contributed by atoms with van der Waals surface area (Å²) < 4.78 is 4.53. The first-order chi connectivity index (χ1) is 8.49. The Labute approximate surface area is 101 Å². The minimum atomic E-state index is -1.45. The molecule has 2 aliphatic rings. The molecule has 8 nitrogen and oxygen atoms in total. The van der Waals surface area contributed by atoms with Gasteiger partial charge < -0.3 is 14.7 Å². The number of aliphatic hydroxyl groups excluding tert-OH is 1. The number of carbonyl (C=O) groups is 4. The van der Waals surface area contributed by atoms with Crippen molar-refractivity contribution in [1.29, 1.82) is 0 Å². The zero-order valence-electron chi connectivity index (χ0n) is 9.33. The molecule has 0 bridgehead atoms. The van der Waals surface area contributed by atoms with E-state index in [0.29, 0.717) is 5.06 Å². The number of hydroxylamine groups is 2. The monoisotopic (exact) mass is 257 g/mol. The van der Waals surface area contributed by atoms with Crippen molar-refractivity contribution in [1.82, 2.24) is 5.06 Å². The fourth-order valence-corrected chi connectivity index (χ4v) is 1.78. The number of rotatable bonds is 2. The number of aliphatic hydroxyl groups is 1. The number of ketones is 2. The molecule has 0 aromatic rings. The molecule has 1 aliphatic carbocycles. The molecule has 1 atom stereocenters. The van der Waals surface area contributed by atoms with E-state index in [9.17, 15) is 24.3 Å². The van der Waals surface area contributed by atoms with E-state index < -0.39 is 36.0 Å². The van der Waals surface area contributed by atoms with Gasteiger partial charge in [-0.05, 0) is 0 Å². The third kappa shape index (κ3) is 2.33. The van der Waals surface area contributed by atoms with Gasteiger partial charge in [0, 0.05) is 25.7 Å². The Morgan fingerprint density at radius 2 is 1.78 bits per heavy atom. The summed E-state index contributed by atoms with van der Waals surface area (Å²) in [4.78, 5) is 49.3. The van der Waals surface area contributed by atoms with E-state index in [1.165, 1.54) is 0 Å². The lowest BCUT2D eigenvalue weighted by Crippen LogP contribution is -2.37. The zero-order valence-corrected chi connectivity index (χ0v) is 9.33. The van der Waals surface area contributed by atoms with Crippen molar-refractivity contribution in [2.75, 3.05) is 0 Å². The number of amides is 1. The van der Waals surface area contributed by atoms with Crippen LogP contribution in [0, 0.1) is 0 Å². The van der Waals surface area contributed by atoms with Crippen LogP contribution in [0.4, 0.5) is 4.79 Å². The van der Waals surface area contributed by atoms with Crippen molar-refractivity contribution in [3.63, 3.8) is 0 Å². The second-order valence-electron chi connectivity index (χ2n) is 4.01. The largest absolute Gasteiger partial charge is 0.534 e. The highest BCUT2D eigenvalue weighted by atomic mass is 16.8. The van der Waals surface area contributed by atoms with Crippen LogP contribution in [0.1, 0.15) is 25.7 Å². The van der Waals surface area contributed by atoms with E-state index in [1.54, 1.807) is 0 Å². The number of ether oxygens (including phenoxy) is 1. The van der Waals surface area contributed by atoms with Crippen LogP contribution in [0.25, 0.3) is 0 Å². The summed E-state index contributed by atoms with van der Waals surface area (Å²) in [6.45, 7) is 0. The normalized spacial score (nSPS) is 24.8. The second-order valence-corrected chi connectivity index (χ2v) is 4.01. The smallest absolute Gasteiger partial charge is 0.413 e. The molecule has 2 rings (SSSR count). The highest BCUT2D eigenvalue weighted by molar-refractivity contribution is 6.12. The Kier molecular flexibility index (Phi) is 3.28. The second kappa shape index (κ2) is 4.73. The van der Waals surface area contributed by atoms with Gasteiger partial charge in [-0.15, -0.1) is 5.06 Å². The predicted molar refractivity (Wildman–Crippen MR) is 52.7 cm³/mol. The van der Waals surface area contributed by atoms with Gasteiger partial charge in [0.05, 0.1) is 0 Å².